The first-order valence-electron chi connectivity index (χ1n) is 9.17. The highest BCUT2D eigenvalue weighted by atomic mass is 32.1. The van der Waals surface area contributed by atoms with E-state index in [0.717, 1.165) is 42.8 Å². The topological polar surface area (TPSA) is 75.4 Å². The zero-order valence-electron chi connectivity index (χ0n) is 15.3. The lowest BCUT2D eigenvalue weighted by atomic mass is 10.0. The molecule has 3 heterocycles. The van der Waals surface area contributed by atoms with Gasteiger partial charge in [-0.3, -0.25) is 9.59 Å². The zero-order valence-corrected chi connectivity index (χ0v) is 16.1. The minimum atomic E-state index is -0.0395. The minimum absolute atomic E-state index is 0.0117. The smallest absolute Gasteiger partial charge is 0.263 e. The number of aryl methyl sites for hydroxylation is 2. The van der Waals surface area contributed by atoms with Crippen LogP contribution < -0.4 is 5.32 Å². The quantitative estimate of drug-likeness (QED) is 0.839. The van der Waals surface area contributed by atoms with Gasteiger partial charge in [0.05, 0.1) is 22.5 Å². The molecule has 140 valence electrons. The first kappa shape index (κ1) is 18.6. The second kappa shape index (κ2) is 8.49. The summed E-state index contributed by atoms with van der Waals surface area (Å²) < 4.78 is 4.98. The molecule has 0 saturated carbocycles. The van der Waals surface area contributed by atoms with Gasteiger partial charge in [0.25, 0.3) is 11.8 Å². The number of nitrogens with one attached hydrogen (secondary N) is 1. The number of thiazole rings is 1. The summed E-state index contributed by atoms with van der Waals surface area (Å²) in [6, 6.07) is 1.77. The summed E-state index contributed by atoms with van der Waals surface area (Å²) >= 11 is 1.50. The van der Waals surface area contributed by atoms with E-state index >= 15 is 0 Å². The van der Waals surface area contributed by atoms with Crippen molar-refractivity contribution in [1.29, 1.82) is 0 Å². The molecule has 6 nitrogen and oxygen atoms in total. The van der Waals surface area contributed by atoms with Crippen LogP contribution in [0.15, 0.2) is 23.0 Å². The number of hydrogen-bond donors (Lipinski definition) is 1. The van der Waals surface area contributed by atoms with Gasteiger partial charge in [-0.25, -0.2) is 4.98 Å². The molecular weight excluding hydrogens is 350 g/mol. The average molecular weight is 375 g/mol. The highest BCUT2D eigenvalue weighted by Crippen LogP contribution is 2.21. The summed E-state index contributed by atoms with van der Waals surface area (Å²) in [7, 11) is 0. The Morgan fingerprint density at radius 2 is 2.15 bits per heavy atom. The molecule has 1 fully saturated rings. The minimum Gasteiger partial charge on any atom is -0.472 e. The maximum absolute atomic E-state index is 12.6. The van der Waals surface area contributed by atoms with E-state index in [1.54, 1.807) is 6.07 Å². The van der Waals surface area contributed by atoms with Crippen molar-refractivity contribution >= 4 is 23.2 Å². The normalized spacial score (nSPS) is 15.2. The molecule has 26 heavy (non-hydrogen) atoms. The Morgan fingerprint density at radius 3 is 2.81 bits per heavy atom. The lowest BCUT2D eigenvalue weighted by Crippen LogP contribution is -2.46. The average Bonchev–Trinajstić information content (AvgIpc) is 3.30. The van der Waals surface area contributed by atoms with Crippen LogP contribution in [0.3, 0.4) is 0 Å². The number of rotatable bonds is 6. The highest BCUT2D eigenvalue weighted by molar-refractivity contribution is 7.13. The molecule has 2 aromatic heterocycles. The lowest BCUT2D eigenvalue weighted by Gasteiger charge is -2.32. The van der Waals surface area contributed by atoms with E-state index in [0.29, 0.717) is 23.5 Å². The van der Waals surface area contributed by atoms with Gasteiger partial charge in [0.15, 0.2) is 0 Å². The number of carbonyl (C=O) groups excluding carboxylic acids is 2. The van der Waals surface area contributed by atoms with Gasteiger partial charge in [0.2, 0.25) is 0 Å². The van der Waals surface area contributed by atoms with Gasteiger partial charge in [0, 0.05) is 19.1 Å². The van der Waals surface area contributed by atoms with E-state index in [-0.39, 0.29) is 17.9 Å². The standard InChI is InChI=1S/C19H25N3O3S/c1-3-4-5-16-20-13(2)17(26-16)18(23)21-15-6-9-22(10-7-15)19(24)14-8-11-25-12-14/h8,11-12,15H,3-7,9-10H2,1-2H3,(H,21,23). The second-order valence-corrected chi connectivity index (χ2v) is 7.76. The van der Waals surface area contributed by atoms with Crippen LogP contribution in [0, 0.1) is 6.92 Å². The van der Waals surface area contributed by atoms with Crippen molar-refractivity contribution in [2.24, 2.45) is 0 Å². The van der Waals surface area contributed by atoms with E-state index in [4.69, 9.17) is 4.42 Å². The number of aromatic nitrogens is 1. The molecule has 2 aromatic rings. The first-order valence-corrected chi connectivity index (χ1v) is 9.98. The lowest BCUT2D eigenvalue weighted by molar-refractivity contribution is 0.0697. The van der Waals surface area contributed by atoms with Crippen molar-refractivity contribution in [1.82, 2.24) is 15.2 Å². The van der Waals surface area contributed by atoms with Gasteiger partial charge >= 0.3 is 0 Å². The van der Waals surface area contributed by atoms with Crippen LogP contribution in [0.1, 0.15) is 63.3 Å². The molecule has 0 atom stereocenters. The molecule has 3 rings (SSSR count). The number of nitrogens with zero attached hydrogens (tertiary/aromatic N) is 2. The summed E-state index contributed by atoms with van der Waals surface area (Å²) in [5.41, 5.74) is 1.39. The summed E-state index contributed by atoms with van der Waals surface area (Å²) in [5.74, 6) is -0.0512. The molecule has 1 saturated heterocycles. The van der Waals surface area contributed by atoms with Crippen molar-refractivity contribution in [3.05, 3.63) is 39.7 Å². The van der Waals surface area contributed by atoms with Gasteiger partial charge in [-0.2, -0.15) is 0 Å². The largest absolute Gasteiger partial charge is 0.472 e. The second-order valence-electron chi connectivity index (χ2n) is 6.68. The van der Waals surface area contributed by atoms with Crippen LogP contribution in [0.4, 0.5) is 0 Å². The van der Waals surface area contributed by atoms with Gasteiger partial charge in [0.1, 0.15) is 11.1 Å². The molecular formula is C19H25N3O3S. The first-order chi connectivity index (χ1) is 12.6. The Morgan fingerprint density at radius 1 is 1.38 bits per heavy atom. The SMILES string of the molecule is CCCCc1nc(C)c(C(=O)NC2CCN(C(=O)c3ccoc3)CC2)s1. The summed E-state index contributed by atoms with van der Waals surface area (Å²) in [6.45, 7) is 5.32. The fourth-order valence-corrected chi connectivity index (χ4v) is 4.15. The van der Waals surface area contributed by atoms with Crippen molar-refractivity contribution in [2.45, 2.75) is 52.0 Å². The monoisotopic (exact) mass is 375 g/mol. The van der Waals surface area contributed by atoms with E-state index in [2.05, 4.69) is 17.2 Å². The fraction of sp³-hybridized carbons (Fsp3) is 0.526. The molecule has 0 radical (unpaired) electrons. The van der Waals surface area contributed by atoms with Crippen LogP contribution in [-0.4, -0.2) is 40.8 Å². The number of amides is 2. The number of piperidine rings is 1. The fourth-order valence-electron chi connectivity index (χ4n) is 3.14. The van der Waals surface area contributed by atoms with Crippen LogP contribution >= 0.6 is 11.3 Å². The van der Waals surface area contributed by atoms with E-state index < -0.39 is 0 Å². The molecule has 0 unspecified atom stereocenters. The maximum Gasteiger partial charge on any atom is 0.263 e. The summed E-state index contributed by atoms with van der Waals surface area (Å²) in [4.78, 5) is 32.0. The van der Waals surface area contributed by atoms with Crippen molar-refractivity contribution in [3.63, 3.8) is 0 Å². The maximum atomic E-state index is 12.6. The molecule has 2 amide bonds. The Hall–Kier alpha value is -2.15. The van der Waals surface area contributed by atoms with E-state index in [9.17, 15) is 9.59 Å². The third-order valence-electron chi connectivity index (χ3n) is 4.68. The summed E-state index contributed by atoms with van der Waals surface area (Å²) in [5, 5.41) is 4.15. The molecule has 0 aromatic carbocycles. The van der Waals surface area contributed by atoms with E-state index in [1.165, 1.54) is 23.9 Å². The molecule has 1 N–H and O–H groups in total. The number of likely N-dealkylation sites (tertiary alicyclic amines) is 1. The Labute approximate surface area is 157 Å². The third-order valence-corrected chi connectivity index (χ3v) is 5.89. The van der Waals surface area contributed by atoms with Gasteiger partial charge < -0.3 is 14.6 Å². The number of hydrogen-bond acceptors (Lipinski definition) is 5. The third kappa shape index (κ3) is 4.33. The highest BCUT2D eigenvalue weighted by Gasteiger charge is 2.26. The Kier molecular flexibility index (Phi) is 6.08. The number of unbranched alkanes of at least 4 members (excludes halogenated alkanes) is 1. The zero-order chi connectivity index (χ0) is 18.5. The van der Waals surface area contributed by atoms with Gasteiger partial charge in [-0.15, -0.1) is 11.3 Å². The van der Waals surface area contributed by atoms with Gasteiger partial charge in [-0.1, -0.05) is 13.3 Å². The predicted molar refractivity (Wildman–Crippen MR) is 101 cm³/mol. The molecule has 0 aliphatic carbocycles. The van der Waals surface area contributed by atoms with Crippen molar-refractivity contribution in [3.8, 4) is 0 Å². The molecule has 1 aliphatic rings. The van der Waals surface area contributed by atoms with E-state index in [1.807, 2.05) is 11.8 Å². The number of furan rings is 1. The van der Waals surface area contributed by atoms with Crippen molar-refractivity contribution < 1.29 is 14.0 Å². The van der Waals surface area contributed by atoms with Crippen molar-refractivity contribution in [2.75, 3.05) is 13.1 Å². The van der Waals surface area contributed by atoms with Crippen LogP contribution in [0.2, 0.25) is 0 Å². The van der Waals surface area contributed by atoms with Crippen LogP contribution in [-0.2, 0) is 6.42 Å². The molecule has 1 aliphatic heterocycles. The summed E-state index contributed by atoms with van der Waals surface area (Å²) in [6.07, 6.45) is 7.65. The Balaban J connectivity index is 1.52. The van der Waals surface area contributed by atoms with Gasteiger partial charge in [-0.05, 0) is 38.7 Å². The molecule has 7 heteroatoms. The predicted octanol–water partition coefficient (Wildman–Crippen LogP) is 3.42. The number of carbonyl (C=O) groups is 2. The molecule has 0 spiro atoms. The van der Waals surface area contributed by atoms with Crippen LogP contribution in [0.25, 0.3) is 0 Å². The van der Waals surface area contributed by atoms with Crippen LogP contribution in [0.5, 0.6) is 0 Å². The molecule has 0 bridgehead atoms. The Bertz CT molecular complexity index is 746.